The van der Waals surface area contributed by atoms with Gasteiger partial charge in [0.15, 0.2) is 0 Å². The van der Waals surface area contributed by atoms with E-state index < -0.39 is 0 Å². The van der Waals surface area contributed by atoms with Crippen LogP contribution >= 0.6 is 23.5 Å². The van der Waals surface area contributed by atoms with Crippen LogP contribution < -0.4 is 0 Å². The lowest BCUT2D eigenvalue weighted by molar-refractivity contribution is 0.155. The summed E-state index contributed by atoms with van der Waals surface area (Å²) in [7, 11) is 0. The highest BCUT2D eigenvalue weighted by Crippen LogP contribution is 2.60. The number of fused-ring (bicyclic) bond motifs is 2. The average Bonchev–Trinajstić information content (AvgIpc) is 2.74. The van der Waals surface area contributed by atoms with Gasteiger partial charge < -0.3 is 4.74 Å². The molecule has 2 atom stereocenters. The molecular formula is C11H14OS2. The van der Waals surface area contributed by atoms with E-state index in [4.69, 9.17) is 4.74 Å². The van der Waals surface area contributed by atoms with Crippen molar-refractivity contribution in [3.8, 4) is 0 Å². The van der Waals surface area contributed by atoms with Crippen LogP contribution in [-0.2, 0) is 4.74 Å². The van der Waals surface area contributed by atoms with Crippen molar-refractivity contribution in [3.63, 3.8) is 0 Å². The molecule has 0 radical (unpaired) electrons. The lowest BCUT2D eigenvalue weighted by Crippen LogP contribution is -2.32. The first-order chi connectivity index (χ1) is 6.83. The maximum atomic E-state index is 5.61. The van der Waals surface area contributed by atoms with Crippen molar-refractivity contribution in [2.45, 2.75) is 23.0 Å². The van der Waals surface area contributed by atoms with Crippen molar-refractivity contribution in [2.75, 3.05) is 11.5 Å². The van der Waals surface area contributed by atoms with E-state index in [1.165, 1.54) is 23.5 Å². The summed E-state index contributed by atoms with van der Waals surface area (Å²) in [6.07, 6.45) is 6.91. The predicted octanol–water partition coefficient (Wildman–Crippen LogP) is 3.04. The SMILES string of the molecule is C=C1CC2OC=CC2C12SCCCS2. The van der Waals surface area contributed by atoms with Gasteiger partial charge in [0.25, 0.3) is 0 Å². The zero-order chi connectivity index (χ0) is 9.60. The van der Waals surface area contributed by atoms with Crippen LogP contribution in [0.1, 0.15) is 12.8 Å². The summed E-state index contributed by atoms with van der Waals surface area (Å²) >= 11 is 4.18. The van der Waals surface area contributed by atoms with E-state index in [0.717, 1.165) is 6.42 Å². The summed E-state index contributed by atoms with van der Waals surface area (Å²) in [4.78, 5) is 0. The summed E-state index contributed by atoms with van der Waals surface area (Å²) in [6.45, 7) is 4.26. The van der Waals surface area contributed by atoms with Gasteiger partial charge in [0.2, 0.25) is 0 Å². The van der Waals surface area contributed by atoms with Crippen LogP contribution in [0.2, 0.25) is 0 Å². The molecule has 3 aliphatic rings. The highest BCUT2D eigenvalue weighted by Gasteiger charge is 2.54. The Kier molecular flexibility index (Phi) is 2.13. The fraction of sp³-hybridized carbons (Fsp3) is 0.636. The molecule has 0 N–H and O–H groups in total. The van der Waals surface area contributed by atoms with Gasteiger partial charge in [-0.25, -0.2) is 0 Å². The number of hydrogen-bond donors (Lipinski definition) is 0. The fourth-order valence-electron chi connectivity index (χ4n) is 2.55. The standard InChI is InChI=1S/C11H14OS2/c1-8-7-10-9(3-4-12-10)11(8)13-5-2-6-14-11/h3-4,9-10H,1-2,5-7H2. The Morgan fingerprint density at radius 3 is 3.00 bits per heavy atom. The molecule has 14 heavy (non-hydrogen) atoms. The molecule has 0 amide bonds. The fourth-order valence-corrected chi connectivity index (χ4v) is 6.17. The van der Waals surface area contributed by atoms with E-state index in [0.29, 0.717) is 12.0 Å². The summed E-state index contributed by atoms with van der Waals surface area (Å²) in [5.41, 5.74) is 1.39. The second-order valence-corrected chi connectivity index (χ2v) is 6.99. The molecule has 2 aliphatic heterocycles. The lowest BCUT2D eigenvalue weighted by Gasteiger charge is -2.36. The Morgan fingerprint density at radius 2 is 2.21 bits per heavy atom. The van der Waals surface area contributed by atoms with Crippen molar-refractivity contribution in [1.82, 2.24) is 0 Å². The molecule has 2 heterocycles. The molecule has 0 aromatic heterocycles. The molecule has 0 bridgehead atoms. The average molecular weight is 226 g/mol. The van der Waals surface area contributed by atoms with Crippen molar-refractivity contribution < 1.29 is 4.74 Å². The first kappa shape index (κ1) is 9.22. The van der Waals surface area contributed by atoms with Gasteiger partial charge in [-0.1, -0.05) is 6.58 Å². The van der Waals surface area contributed by atoms with E-state index in [9.17, 15) is 0 Å². The first-order valence-electron chi connectivity index (χ1n) is 5.11. The van der Waals surface area contributed by atoms with Crippen molar-refractivity contribution in [2.24, 2.45) is 5.92 Å². The van der Waals surface area contributed by atoms with Crippen molar-refractivity contribution in [1.29, 1.82) is 0 Å². The van der Waals surface area contributed by atoms with E-state index in [-0.39, 0.29) is 4.08 Å². The molecule has 3 heteroatoms. The quantitative estimate of drug-likeness (QED) is 0.588. The normalized spacial score (nSPS) is 38.7. The predicted molar refractivity (Wildman–Crippen MR) is 63.5 cm³/mol. The van der Waals surface area contributed by atoms with Crippen LogP contribution in [0.3, 0.4) is 0 Å². The van der Waals surface area contributed by atoms with Crippen molar-refractivity contribution in [3.05, 3.63) is 24.5 Å². The van der Waals surface area contributed by atoms with Gasteiger partial charge in [-0.3, -0.25) is 0 Å². The van der Waals surface area contributed by atoms with E-state index >= 15 is 0 Å². The molecule has 2 unspecified atom stereocenters. The minimum Gasteiger partial charge on any atom is -0.497 e. The van der Waals surface area contributed by atoms with E-state index in [2.05, 4.69) is 36.2 Å². The minimum atomic E-state index is 0.260. The van der Waals surface area contributed by atoms with Crippen LogP contribution in [-0.4, -0.2) is 21.7 Å². The maximum Gasteiger partial charge on any atom is 0.110 e. The Balaban J connectivity index is 1.95. The van der Waals surface area contributed by atoms with Gasteiger partial charge in [-0.05, 0) is 29.6 Å². The Hall–Kier alpha value is -0.0200. The maximum absolute atomic E-state index is 5.61. The van der Waals surface area contributed by atoms with Crippen molar-refractivity contribution >= 4 is 23.5 Å². The molecule has 1 saturated heterocycles. The van der Waals surface area contributed by atoms with Crippen LogP contribution in [0.25, 0.3) is 0 Å². The van der Waals surface area contributed by atoms with E-state index in [1.807, 2.05) is 6.26 Å². The third kappa shape index (κ3) is 1.12. The monoisotopic (exact) mass is 226 g/mol. The van der Waals surface area contributed by atoms with Gasteiger partial charge in [0.05, 0.1) is 10.3 Å². The summed E-state index contributed by atoms with van der Waals surface area (Å²) < 4.78 is 5.87. The number of rotatable bonds is 0. The Labute approximate surface area is 93.4 Å². The molecule has 76 valence electrons. The molecule has 1 saturated carbocycles. The molecular weight excluding hydrogens is 212 g/mol. The number of hydrogen-bond acceptors (Lipinski definition) is 3. The Morgan fingerprint density at radius 1 is 1.43 bits per heavy atom. The van der Waals surface area contributed by atoms with Gasteiger partial charge in [-0.2, -0.15) is 0 Å². The molecule has 2 fully saturated rings. The Bertz CT molecular complexity index is 292. The summed E-state index contributed by atoms with van der Waals surface area (Å²) in [6, 6.07) is 0. The topological polar surface area (TPSA) is 9.23 Å². The molecule has 0 aromatic carbocycles. The molecule has 3 rings (SSSR count). The third-order valence-corrected chi connectivity index (χ3v) is 6.91. The molecule has 1 nitrogen and oxygen atoms in total. The van der Waals surface area contributed by atoms with E-state index in [1.54, 1.807) is 0 Å². The van der Waals surface area contributed by atoms with Gasteiger partial charge in [-0.15, -0.1) is 23.5 Å². The number of thioether (sulfide) groups is 2. The largest absolute Gasteiger partial charge is 0.497 e. The molecule has 0 aromatic rings. The first-order valence-corrected chi connectivity index (χ1v) is 7.08. The summed E-state index contributed by atoms with van der Waals surface area (Å²) in [5.74, 6) is 3.14. The molecule has 1 aliphatic carbocycles. The summed E-state index contributed by atoms with van der Waals surface area (Å²) in [5, 5.41) is 0. The zero-order valence-corrected chi connectivity index (χ0v) is 9.70. The van der Waals surface area contributed by atoms with Crippen LogP contribution in [0.5, 0.6) is 0 Å². The zero-order valence-electron chi connectivity index (χ0n) is 8.07. The highest BCUT2D eigenvalue weighted by molar-refractivity contribution is 8.19. The molecule has 1 spiro atoms. The number of ether oxygens (including phenoxy) is 1. The second-order valence-electron chi connectivity index (χ2n) is 4.05. The minimum absolute atomic E-state index is 0.260. The highest BCUT2D eigenvalue weighted by atomic mass is 32.2. The van der Waals surface area contributed by atoms with Gasteiger partial charge in [0.1, 0.15) is 6.10 Å². The van der Waals surface area contributed by atoms with Gasteiger partial charge in [0, 0.05) is 12.3 Å². The lowest BCUT2D eigenvalue weighted by atomic mass is 10.1. The van der Waals surface area contributed by atoms with Gasteiger partial charge >= 0.3 is 0 Å². The van der Waals surface area contributed by atoms with Crippen LogP contribution in [0.15, 0.2) is 24.5 Å². The smallest absolute Gasteiger partial charge is 0.110 e. The second kappa shape index (κ2) is 3.24. The van der Waals surface area contributed by atoms with Crippen LogP contribution in [0.4, 0.5) is 0 Å². The van der Waals surface area contributed by atoms with Crippen LogP contribution in [0, 0.1) is 5.92 Å². The third-order valence-electron chi connectivity index (χ3n) is 3.24.